The van der Waals surface area contributed by atoms with Crippen LogP contribution in [-0.2, 0) is 4.79 Å². The van der Waals surface area contributed by atoms with Gasteiger partial charge >= 0.3 is 0 Å². The van der Waals surface area contributed by atoms with Crippen LogP contribution in [0.5, 0.6) is 0 Å². The standard InChI is InChI=1S/C20H30N6O/c21-12-15-2-1-3-16(10-15)17-4-5-23-19(11-17)26-9-8-25-7-6-24(14-22)13-18(25)20(26)27/h15-19,23H,1-11,13H2/t15?,16?,17?,18-,19?/m1/s1. The summed E-state index contributed by atoms with van der Waals surface area (Å²) in [5.74, 6) is 1.65. The van der Waals surface area contributed by atoms with Gasteiger partial charge in [-0.05, 0) is 44.1 Å². The Labute approximate surface area is 161 Å². The van der Waals surface area contributed by atoms with E-state index < -0.39 is 0 Å². The molecule has 1 aliphatic carbocycles. The second-order valence-electron chi connectivity index (χ2n) is 8.64. The molecule has 4 rings (SSSR count). The number of piperidine rings is 1. The summed E-state index contributed by atoms with van der Waals surface area (Å²) in [6, 6.07) is 2.30. The van der Waals surface area contributed by atoms with Gasteiger partial charge in [-0.3, -0.25) is 15.0 Å². The van der Waals surface area contributed by atoms with Crippen LogP contribution in [0.3, 0.4) is 0 Å². The van der Waals surface area contributed by atoms with Crippen molar-refractivity contribution in [1.29, 1.82) is 10.5 Å². The highest BCUT2D eigenvalue weighted by molar-refractivity contribution is 5.83. The number of nitrogens with one attached hydrogen (secondary N) is 1. The maximum absolute atomic E-state index is 13.2. The van der Waals surface area contributed by atoms with Gasteiger partial charge in [0.1, 0.15) is 6.04 Å². The SMILES string of the molecule is N#CC1CCCC(C2CCNC(N3CCN4CCN(C#N)C[C@@H]4C3=O)C2)C1. The third kappa shape index (κ3) is 3.77. The molecule has 4 aliphatic rings. The molecule has 0 aromatic heterocycles. The molecule has 1 N–H and O–H groups in total. The third-order valence-corrected chi connectivity index (χ3v) is 7.19. The van der Waals surface area contributed by atoms with Gasteiger partial charge in [0.15, 0.2) is 6.19 Å². The van der Waals surface area contributed by atoms with E-state index in [9.17, 15) is 15.3 Å². The highest BCUT2D eigenvalue weighted by Gasteiger charge is 2.42. The summed E-state index contributed by atoms with van der Waals surface area (Å²) in [5, 5.41) is 22.1. The highest BCUT2D eigenvalue weighted by atomic mass is 16.2. The molecule has 146 valence electrons. The summed E-state index contributed by atoms with van der Waals surface area (Å²) in [4.78, 5) is 19.2. The average Bonchev–Trinajstić information content (AvgIpc) is 2.74. The summed E-state index contributed by atoms with van der Waals surface area (Å²) >= 11 is 0. The number of amides is 1. The highest BCUT2D eigenvalue weighted by Crippen LogP contribution is 2.38. The van der Waals surface area contributed by atoms with Crippen molar-refractivity contribution in [2.24, 2.45) is 17.8 Å². The molecule has 3 heterocycles. The van der Waals surface area contributed by atoms with E-state index >= 15 is 0 Å². The monoisotopic (exact) mass is 370 g/mol. The van der Waals surface area contributed by atoms with E-state index in [2.05, 4.69) is 22.5 Å². The molecule has 0 bridgehead atoms. The van der Waals surface area contributed by atoms with Crippen LogP contribution >= 0.6 is 0 Å². The Morgan fingerprint density at radius 1 is 1.00 bits per heavy atom. The maximum atomic E-state index is 13.2. The van der Waals surface area contributed by atoms with Gasteiger partial charge in [0, 0.05) is 32.1 Å². The van der Waals surface area contributed by atoms with Crippen LogP contribution in [-0.4, -0.2) is 72.1 Å². The van der Waals surface area contributed by atoms with Crippen LogP contribution in [0.1, 0.15) is 38.5 Å². The van der Waals surface area contributed by atoms with Gasteiger partial charge < -0.3 is 9.80 Å². The summed E-state index contributed by atoms with van der Waals surface area (Å²) < 4.78 is 0. The number of hydrogen-bond acceptors (Lipinski definition) is 6. The lowest BCUT2D eigenvalue weighted by atomic mass is 9.72. The number of carbonyl (C=O) groups excluding carboxylic acids is 1. The van der Waals surface area contributed by atoms with Crippen molar-refractivity contribution < 1.29 is 4.79 Å². The Bertz CT molecular complexity index is 639. The van der Waals surface area contributed by atoms with Crippen molar-refractivity contribution in [3.05, 3.63) is 0 Å². The second-order valence-corrected chi connectivity index (χ2v) is 8.64. The van der Waals surface area contributed by atoms with E-state index in [-0.39, 0.29) is 24.0 Å². The van der Waals surface area contributed by atoms with Crippen molar-refractivity contribution in [3.8, 4) is 12.3 Å². The Morgan fingerprint density at radius 3 is 2.63 bits per heavy atom. The van der Waals surface area contributed by atoms with Gasteiger partial charge in [0.2, 0.25) is 5.91 Å². The molecule has 1 amide bonds. The second kappa shape index (κ2) is 8.04. The largest absolute Gasteiger partial charge is 0.324 e. The van der Waals surface area contributed by atoms with E-state index in [1.165, 1.54) is 12.8 Å². The minimum Gasteiger partial charge on any atom is -0.324 e. The predicted octanol–water partition coefficient (Wildman–Crippen LogP) is 0.952. The Kier molecular flexibility index (Phi) is 5.52. The van der Waals surface area contributed by atoms with Crippen LogP contribution in [0.2, 0.25) is 0 Å². The Balaban J connectivity index is 1.40. The van der Waals surface area contributed by atoms with Gasteiger partial charge in [-0.1, -0.05) is 12.8 Å². The lowest BCUT2D eigenvalue weighted by Gasteiger charge is -2.49. The zero-order valence-corrected chi connectivity index (χ0v) is 16.0. The first-order valence-electron chi connectivity index (χ1n) is 10.5. The lowest BCUT2D eigenvalue weighted by Crippen LogP contribution is -2.67. The Morgan fingerprint density at radius 2 is 1.81 bits per heavy atom. The molecule has 4 unspecified atom stereocenters. The van der Waals surface area contributed by atoms with Crippen molar-refractivity contribution >= 4 is 5.91 Å². The van der Waals surface area contributed by atoms with Crippen LogP contribution in [0.25, 0.3) is 0 Å². The molecule has 7 nitrogen and oxygen atoms in total. The van der Waals surface area contributed by atoms with E-state index in [1.807, 2.05) is 4.90 Å². The molecule has 4 fully saturated rings. The van der Waals surface area contributed by atoms with Crippen molar-refractivity contribution in [3.63, 3.8) is 0 Å². The van der Waals surface area contributed by atoms with Gasteiger partial charge in [0.25, 0.3) is 0 Å². The number of piperazine rings is 2. The lowest BCUT2D eigenvalue weighted by molar-refractivity contribution is -0.149. The number of hydrogen-bond donors (Lipinski definition) is 1. The number of nitriles is 2. The molecule has 1 saturated carbocycles. The van der Waals surface area contributed by atoms with Crippen molar-refractivity contribution in [2.45, 2.75) is 50.7 Å². The fourth-order valence-corrected chi connectivity index (χ4v) is 5.62. The molecular formula is C20H30N6O. The topological polar surface area (TPSA) is 86.4 Å². The van der Waals surface area contributed by atoms with E-state index in [0.717, 1.165) is 58.4 Å². The smallest absolute Gasteiger partial charge is 0.243 e. The molecule has 0 aromatic rings. The first kappa shape index (κ1) is 18.5. The van der Waals surface area contributed by atoms with E-state index in [4.69, 9.17) is 0 Å². The quantitative estimate of drug-likeness (QED) is 0.729. The van der Waals surface area contributed by atoms with Gasteiger partial charge in [-0.25, -0.2) is 0 Å². The van der Waals surface area contributed by atoms with Gasteiger partial charge in [-0.15, -0.1) is 0 Å². The number of rotatable bonds is 2. The fourth-order valence-electron chi connectivity index (χ4n) is 5.62. The molecule has 3 saturated heterocycles. The molecule has 5 atom stereocenters. The zero-order chi connectivity index (χ0) is 18.8. The Hall–Kier alpha value is -1.83. The molecule has 0 aromatic carbocycles. The number of fused-ring (bicyclic) bond motifs is 1. The minimum absolute atomic E-state index is 0.110. The van der Waals surface area contributed by atoms with Crippen molar-refractivity contribution in [2.75, 3.05) is 39.3 Å². The molecule has 0 radical (unpaired) electrons. The third-order valence-electron chi connectivity index (χ3n) is 7.19. The maximum Gasteiger partial charge on any atom is 0.243 e. The van der Waals surface area contributed by atoms with E-state index in [0.29, 0.717) is 18.4 Å². The van der Waals surface area contributed by atoms with Gasteiger partial charge in [-0.2, -0.15) is 10.5 Å². The number of carbonyl (C=O) groups is 1. The normalized spacial score (nSPS) is 38.0. The van der Waals surface area contributed by atoms with E-state index in [1.54, 1.807) is 4.90 Å². The average molecular weight is 371 g/mol. The molecule has 27 heavy (non-hydrogen) atoms. The molecule has 0 spiro atoms. The first-order chi connectivity index (χ1) is 13.2. The van der Waals surface area contributed by atoms with Crippen LogP contribution < -0.4 is 5.32 Å². The van der Waals surface area contributed by atoms with Gasteiger partial charge in [0.05, 0.1) is 18.8 Å². The summed E-state index contributed by atoms with van der Waals surface area (Å²) in [7, 11) is 0. The zero-order valence-electron chi connectivity index (χ0n) is 16.0. The minimum atomic E-state index is -0.174. The molecule has 7 heteroatoms. The summed E-state index contributed by atoms with van der Waals surface area (Å²) in [6.45, 7) is 4.68. The summed E-state index contributed by atoms with van der Waals surface area (Å²) in [5.41, 5.74) is 0. The van der Waals surface area contributed by atoms with Crippen LogP contribution in [0.15, 0.2) is 0 Å². The summed E-state index contributed by atoms with van der Waals surface area (Å²) in [6.07, 6.45) is 8.96. The van der Waals surface area contributed by atoms with Crippen molar-refractivity contribution in [1.82, 2.24) is 20.0 Å². The van der Waals surface area contributed by atoms with Crippen LogP contribution in [0, 0.1) is 40.5 Å². The molecular weight excluding hydrogens is 340 g/mol. The fraction of sp³-hybridized carbons (Fsp3) is 0.850. The van der Waals surface area contributed by atoms with Crippen LogP contribution in [0.4, 0.5) is 0 Å². The predicted molar refractivity (Wildman–Crippen MR) is 99.8 cm³/mol. The first-order valence-corrected chi connectivity index (χ1v) is 10.5. The molecule has 3 aliphatic heterocycles. The number of nitrogens with zero attached hydrogens (tertiary/aromatic N) is 5.